The Kier molecular flexibility index (Phi) is 4.31. The highest BCUT2D eigenvalue weighted by molar-refractivity contribution is 6.22. The van der Waals surface area contributed by atoms with Gasteiger partial charge in [0.2, 0.25) is 0 Å². The third-order valence-corrected chi connectivity index (χ3v) is 5.36. The van der Waals surface area contributed by atoms with E-state index in [0.717, 1.165) is 25.7 Å². The van der Waals surface area contributed by atoms with Crippen molar-refractivity contribution in [1.29, 1.82) is 0 Å². The molecular weight excluding hydrogens is 332 g/mol. The standard InChI is InChI=1S/C20H24N2O4/c1-12(2)22(14-6-7-14)18(23)13-5-8-16-17(10-13)20(25)21(19(16)24)11-15-4-3-9-26-15/h5,8,10,12,14-15H,3-4,6-7,9,11H2,1-2H3. The van der Waals surface area contributed by atoms with Gasteiger partial charge in [-0.1, -0.05) is 0 Å². The lowest BCUT2D eigenvalue weighted by atomic mass is 10.0. The molecule has 3 aliphatic rings. The van der Waals surface area contributed by atoms with Gasteiger partial charge in [0, 0.05) is 24.3 Å². The molecule has 1 saturated heterocycles. The fourth-order valence-electron chi connectivity index (χ4n) is 3.91. The Labute approximate surface area is 153 Å². The summed E-state index contributed by atoms with van der Waals surface area (Å²) in [6.07, 6.45) is 3.80. The second-order valence-electron chi connectivity index (χ2n) is 7.65. The average molecular weight is 356 g/mol. The Hall–Kier alpha value is -2.21. The number of imide groups is 1. The minimum Gasteiger partial charge on any atom is -0.376 e. The van der Waals surface area contributed by atoms with Crippen LogP contribution in [0.4, 0.5) is 0 Å². The molecule has 138 valence electrons. The predicted molar refractivity (Wildman–Crippen MR) is 95.1 cm³/mol. The number of carbonyl (C=O) groups excluding carboxylic acids is 3. The van der Waals surface area contributed by atoms with Crippen molar-refractivity contribution >= 4 is 17.7 Å². The topological polar surface area (TPSA) is 66.9 Å². The molecule has 3 amide bonds. The van der Waals surface area contributed by atoms with Crippen LogP contribution in [0.5, 0.6) is 0 Å². The van der Waals surface area contributed by atoms with Crippen LogP contribution in [0.15, 0.2) is 18.2 Å². The molecule has 0 N–H and O–H groups in total. The zero-order valence-corrected chi connectivity index (χ0v) is 15.2. The van der Waals surface area contributed by atoms with Crippen LogP contribution in [0.3, 0.4) is 0 Å². The summed E-state index contributed by atoms with van der Waals surface area (Å²) < 4.78 is 5.56. The number of carbonyl (C=O) groups is 3. The van der Waals surface area contributed by atoms with Crippen LogP contribution in [0.25, 0.3) is 0 Å². The zero-order chi connectivity index (χ0) is 18.4. The maximum atomic E-state index is 12.9. The highest BCUT2D eigenvalue weighted by Crippen LogP contribution is 2.31. The quantitative estimate of drug-likeness (QED) is 0.760. The van der Waals surface area contributed by atoms with Gasteiger partial charge in [-0.15, -0.1) is 0 Å². The van der Waals surface area contributed by atoms with Crippen LogP contribution in [0.2, 0.25) is 0 Å². The SMILES string of the molecule is CC(C)N(C(=O)c1ccc2c(c1)C(=O)N(CC1CCCO1)C2=O)C1CC1. The lowest BCUT2D eigenvalue weighted by molar-refractivity contribution is 0.0475. The Balaban J connectivity index is 1.58. The van der Waals surface area contributed by atoms with Crippen molar-refractivity contribution in [2.75, 3.05) is 13.2 Å². The van der Waals surface area contributed by atoms with E-state index in [0.29, 0.717) is 29.3 Å². The number of amides is 3. The normalized spacial score (nSPS) is 22.3. The number of benzene rings is 1. The molecule has 4 rings (SSSR count). The molecule has 26 heavy (non-hydrogen) atoms. The summed E-state index contributed by atoms with van der Waals surface area (Å²) in [5.74, 6) is -0.678. The highest BCUT2D eigenvalue weighted by Gasteiger charge is 2.39. The molecule has 1 saturated carbocycles. The first kappa shape index (κ1) is 17.2. The molecule has 2 fully saturated rings. The van der Waals surface area contributed by atoms with Gasteiger partial charge in [-0.25, -0.2) is 0 Å². The van der Waals surface area contributed by atoms with Gasteiger partial charge in [0.05, 0.1) is 23.8 Å². The van der Waals surface area contributed by atoms with Crippen molar-refractivity contribution in [2.24, 2.45) is 0 Å². The molecule has 6 nitrogen and oxygen atoms in total. The summed E-state index contributed by atoms with van der Waals surface area (Å²) in [6, 6.07) is 5.27. The summed E-state index contributed by atoms with van der Waals surface area (Å²) in [5.41, 5.74) is 1.19. The van der Waals surface area contributed by atoms with Crippen molar-refractivity contribution in [2.45, 2.75) is 57.7 Å². The van der Waals surface area contributed by atoms with E-state index in [1.165, 1.54) is 4.90 Å². The third-order valence-electron chi connectivity index (χ3n) is 5.36. The van der Waals surface area contributed by atoms with Crippen molar-refractivity contribution in [1.82, 2.24) is 9.80 Å². The molecule has 2 heterocycles. The van der Waals surface area contributed by atoms with E-state index in [4.69, 9.17) is 4.74 Å². The number of ether oxygens (including phenoxy) is 1. The van der Waals surface area contributed by atoms with Gasteiger partial charge < -0.3 is 9.64 Å². The van der Waals surface area contributed by atoms with Gasteiger partial charge >= 0.3 is 0 Å². The average Bonchev–Trinajstić information content (AvgIpc) is 3.25. The maximum absolute atomic E-state index is 12.9. The summed E-state index contributed by atoms with van der Waals surface area (Å²) in [6.45, 7) is 4.97. The van der Waals surface area contributed by atoms with Crippen LogP contribution in [0.1, 0.15) is 70.6 Å². The Bertz CT molecular complexity index is 761. The van der Waals surface area contributed by atoms with Gasteiger partial charge in [0.1, 0.15) is 0 Å². The number of fused-ring (bicyclic) bond motifs is 1. The van der Waals surface area contributed by atoms with Gasteiger partial charge in [-0.3, -0.25) is 19.3 Å². The molecule has 1 aliphatic carbocycles. The summed E-state index contributed by atoms with van der Waals surface area (Å²) in [7, 11) is 0. The number of rotatable bonds is 5. The Morgan fingerprint density at radius 1 is 1.19 bits per heavy atom. The molecular formula is C20H24N2O4. The van der Waals surface area contributed by atoms with E-state index < -0.39 is 0 Å². The van der Waals surface area contributed by atoms with Crippen molar-refractivity contribution in [3.05, 3.63) is 34.9 Å². The van der Waals surface area contributed by atoms with Crippen LogP contribution in [0, 0.1) is 0 Å². The Morgan fingerprint density at radius 3 is 2.54 bits per heavy atom. The monoisotopic (exact) mass is 356 g/mol. The molecule has 0 bridgehead atoms. The lowest BCUT2D eigenvalue weighted by Crippen LogP contribution is -2.38. The third kappa shape index (κ3) is 2.92. The second-order valence-corrected chi connectivity index (χ2v) is 7.65. The van der Waals surface area contributed by atoms with E-state index in [1.807, 2.05) is 18.7 Å². The Morgan fingerprint density at radius 2 is 1.92 bits per heavy atom. The van der Waals surface area contributed by atoms with Crippen molar-refractivity contribution in [3.8, 4) is 0 Å². The molecule has 0 radical (unpaired) electrons. The second kappa shape index (κ2) is 6.50. The first-order valence-electron chi connectivity index (χ1n) is 9.42. The van der Waals surface area contributed by atoms with Crippen LogP contribution in [-0.4, -0.2) is 58.9 Å². The molecule has 1 aromatic carbocycles. The summed E-state index contributed by atoms with van der Waals surface area (Å²) in [4.78, 5) is 41.4. The van der Waals surface area contributed by atoms with Crippen LogP contribution >= 0.6 is 0 Å². The van der Waals surface area contributed by atoms with E-state index in [9.17, 15) is 14.4 Å². The number of hydrogen-bond donors (Lipinski definition) is 0. The molecule has 6 heteroatoms. The number of nitrogens with zero attached hydrogens (tertiary/aromatic N) is 2. The van der Waals surface area contributed by atoms with E-state index in [1.54, 1.807) is 18.2 Å². The molecule has 1 aromatic rings. The fourth-order valence-corrected chi connectivity index (χ4v) is 3.91. The van der Waals surface area contributed by atoms with Crippen molar-refractivity contribution < 1.29 is 19.1 Å². The first-order chi connectivity index (χ1) is 12.5. The van der Waals surface area contributed by atoms with Gasteiger partial charge in [0.25, 0.3) is 17.7 Å². The van der Waals surface area contributed by atoms with Crippen LogP contribution in [-0.2, 0) is 4.74 Å². The minimum absolute atomic E-state index is 0.0666. The minimum atomic E-state index is -0.322. The largest absolute Gasteiger partial charge is 0.376 e. The fraction of sp³-hybridized carbons (Fsp3) is 0.550. The smallest absolute Gasteiger partial charge is 0.261 e. The molecule has 1 atom stereocenters. The van der Waals surface area contributed by atoms with E-state index in [2.05, 4.69) is 0 Å². The lowest BCUT2D eigenvalue weighted by Gasteiger charge is -2.26. The van der Waals surface area contributed by atoms with E-state index >= 15 is 0 Å². The highest BCUT2D eigenvalue weighted by atomic mass is 16.5. The van der Waals surface area contributed by atoms with Gasteiger partial charge in [-0.2, -0.15) is 0 Å². The van der Waals surface area contributed by atoms with Crippen molar-refractivity contribution in [3.63, 3.8) is 0 Å². The van der Waals surface area contributed by atoms with Gasteiger partial charge in [-0.05, 0) is 57.7 Å². The number of hydrogen-bond acceptors (Lipinski definition) is 4. The molecule has 2 aliphatic heterocycles. The maximum Gasteiger partial charge on any atom is 0.261 e. The summed E-state index contributed by atoms with van der Waals surface area (Å²) in [5, 5.41) is 0. The predicted octanol–water partition coefficient (Wildman–Crippen LogP) is 2.47. The van der Waals surface area contributed by atoms with Crippen LogP contribution < -0.4 is 0 Å². The summed E-state index contributed by atoms with van der Waals surface area (Å²) >= 11 is 0. The molecule has 0 spiro atoms. The zero-order valence-electron chi connectivity index (χ0n) is 15.2. The van der Waals surface area contributed by atoms with E-state index in [-0.39, 0.29) is 36.4 Å². The first-order valence-corrected chi connectivity index (χ1v) is 9.42. The van der Waals surface area contributed by atoms with Gasteiger partial charge in [0.15, 0.2) is 0 Å². The molecule has 1 unspecified atom stereocenters. The molecule has 0 aromatic heterocycles.